The van der Waals surface area contributed by atoms with Crippen LogP contribution in [0.1, 0.15) is 42.2 Å². The van der Waals surface area contributed by atoms with Gasteiger partial charge in [-0.2, -0.15) is 0 Å². The van der Waals surface area contributed by atoms with E-state index in [2.05, 4.69) is 4.90 Å². The summed E-state index contributed by atoms with van der Waals surface area (Å²) in [5.74, 6) is 0.268. The van der Waals surface area contributed by atoms with Crippen molar-refractivity contribution in [3.05, 3.63) is 23.5 Å². The molecule has 1 aromatic rings. The van der Waals surface area contributed by atoms with Gasteiger partial charge in [-0.25, -0.2) is 0 Å². The first-order chi connectivity index (χ1) is 11.3. The van der Waals surface area contributed by atoms with Gasteiger partial charge in [0.25, 0.3) is 0 Å². The third kappa shape index (κ3) is 3.13. The van der Waals surface area contributed by atoms with E-state index in [1.807, 2.05) is 23.9 Å². The second-order valence-corrected chi connectivity index (χ2v) is 7.49. The van der Waals surface area contributed by atoms with Crippen LogP contribution >= 0.6 is 0 Å². The third-order valence-electron chi connectivity index (χ3n) is 5.62. The molecule has 132 valence electrons. The van der Waals surface area contributed by atoms with E-state index in [-0.39, 0.29) is 17.1 Å². The number of likely N-dealkylation sites (tertiary alicyclic amines) is 2. The van der Waals surface area contributed by atoms with Gasteiger partial charge in [0, 0.05) is 44.6 Å². The largest absolute Gasteiger partial charge is 0.391 e. The van der Waals surface area contributed by atoms with Crippen molar-refractivity contribution in [2.45, 2.75) is 38.8 Å². The highest BCUT2D eigenvalue weighted by atomic mass is 16.3. The number of piperidine rings is 2. The summed E-state index contributed by atoms with van der Waals surface area (Å²) in [5.41, 5.74) is 1.47. The number of aromatic nitrogens is 1. The highest BCUT2D eigenvalue weighted by molar-refractivity contribution is 5.94. The summed E-state index contributed by atoms with van der Waals surface area (Å²) in [6, 6.07) is 1.95. The number of hydrogen-bond acceptors (Lipinski definition) is 4. The average molecular weight is 333 g/mol. The second kappa shape index (κ2) is 6.33. The van der Waals surface area contributed by atoms with E-state index in [0.29, 0.717) is 13.0 Å². The molecular weight excluding hydrogens is 306 g/mol. The molecule has 6 heteroatoms. The fourth-order valence-electron chi connectivity index (χ4n) is 4.15. The summed E-state index contributed by atoms with van der Waals surface area (Å²) < 4.78 is 2.00. The number of amides is 1. The van der Waals surface area contributed by atoms with Crippen molar-refractivity contribution < 1.29 is 14.7 Å². The summed E-state index contributed by atoms with van der Waals surface area (Å²) >= 11 is 0. The van der Waals surface area contributed by atoms with Crippen LogP contribution in [0.4, 0.5) is 0 Å². The topological polar surface area (TPSA) is 65.8 Å². The Morgan fingerprint density at radius 1 is 1.33 bits per heavy atom. The van der Waals surface area contributed by atoms with Gasteiger partial charge in [-0.1, -0.05) is 0 Å². The molecule has 0 aliphatic carbocycles. The minimum atomic E-state index is -0.412. The van der Waals surface area contributed by atoms with E-state index in [4.69, 9.17) is 0 Å². The van der Waals surface area contributed by atoms with E-state index >= 15 is 0 Å². The standard InChI is InChI=1S/C18H27N3O3/c1-13(22)14-8-15(19(2)10-14)11-21-6-4-18(5-7-21)9-16(23)12-20(3)17(18)24/h8,10,16,23H,4-7,9,11-12H2,1-3H3. The van der Waals surface area contributed by atoms with E-state index < -0.39 is 6.10 Å². The van der Waals surface area contributed by atoms with Crippen LogP contribution in [-0.2, 0) is 18.4 Å². The van der Waals surface area contributed by atoms with E-state index in [0.717, 1.165) is 43.7 Å². The number of aliphatic hydroxyl groups excluding tert-OH is 1. The lowest BCUT2D eigenvalue weighted by Crippen LogP contribution is -2.56. The molecule has 0 aromatic carbocycles. The van der Waals surface area contributed by atoms with Crippen molar-refractivity contribution in [3.63, 3.8) is 0 Å². The molecule has 1 aromatic heterocycles. The van der Waals surface area contributed by atoms with Crippen molar-refractivity contribution in [2.75, 3.05) is 26.7 Å². The lowest BCUT2D eigenvalue weighted by atomic mass is 9.71. The normalized spacial score (nSPS) is 24.6. The zero-order chi connectivity index (χ0) is 17.5. The van der Waals surface area contributed by atoms with Crippen molar-refractivity contribution in [3.8, 4) is 0 Å². The lowest BCUT2D eigenvalue weighted by Gasteiger charge is -2.47. The molecule has 2 aliphatic heterocycles. The highest BCUT2D eigenvalue weighted by Crippen LogP contribution is 2.40. The summed E-state index contributed by atoms with van der Waals surface area (Å²) in [5, 5.41) is 10.1. The van der Waals surface area contributed by atoms with E-state index in [1.165, 1.54) is 0 Å². The van der Waals surface area contributed by atoms with Gasteiger partial charge in [-0.05, 0) is 45.3 Å². The molecule has 1 amide bonds. The zero-order valence-electron chi connectivity index (χ0n) is 14.8. The first-order valence-electron chi connectivity index (χ1n) is 8.63. The van der Waals surface area contributed by atoms with Crippen molar-refractivity contribution in [1.82, 2.24) is 14.4 Å². The van der Waals surface area contributed by atoms with Gasteiger partial charge in [0.05, 0.1) is 11.5 Å². The summed E-state index contributed by atoms with van der Waals surface area (Å²) in [4.78, 5) is 28.1. The fraction of sp³-hybridized carbons (Fsp3) is 0.667. The number of rotatable bonds is 3. The number of nitrogens with zero attached hydrogens (tertiary/aromatic N) is 3. The van der Waals surface area contributed by atoms with Gasteiger partial charge in [-0.15, -0.1) is 0 Å². The quantitative estimate of drug-likeness (QED) is 0.839. The molecule has 3 heterocycles. The van der Waals surface area contributed by atoms with Gasteiger partial charge in [0.1, 0.15) is 0 Å². The van der Waals surface area contributed by atoms with Gasteiger partial charge in [-0.3, -0.25) is 14.5 Å². The molecule has 0 bridgehead atoms. The van der Waals surface area contributed by atoms with Crippen LogP contribution in [0.5, 0.6) is 0 Å². The lowest BCUT2D eigenvalue weighted by molar-refractivity contribution is -0.154. The Morgan fingerprint density at radius 3 is 2.58 bits per heavy atom. The molecule has 6 nitrogen and oxygen atoms in total. The van der Waals surface area contributed by atoms with Crippen molar-refractivity contribution in [2.24, 2.45) is 12.5 Å². The van der Waals surface area contributed by atoms with Gasteiger partial charge in [0.15, 0.2) is 5.78 Å². The first kappa shape index (κ1) is 17.2. The maximum Gasteiger partial charge on any atom is 0.228 e. The number of likely N-dealkylation sites (N-methyl/N-ethyl adjacent to an activating group) is 1. The van der Waals surface area contributed by atoms with Crippen LogP contribution in [0.25, 0.3) is 0 Å². The molecule has 24 heavy (non-hydrogen) atoms. The van der Waals surface area contributed by atoms with Gasteiger partial charge < -0.3 is 14.6 Å². The maximum absolute atomic E-state index is 12.6. The average Bonchev–Trinajstić information content (AvgIpc) is 2.88. The molecule has 3 rings (SSSR count). The molecule has 1 spiro atoms. The maximum atomic E-state index is 12.6. The first-order valence-corrected chi connectivity index (χ1v) is 8.63. The number of hydrogen-bond donors (Lipinski definition) is 1. The second-order valence-electron chi connectivity index (χ2n) is 7.49. The van der Waals surface area contributed by atoms with Crippen LogP contribution in [0, 0.1) is 5.41 Å². The fourth-order valence-corrected chi connectivity index (χ4v) is 4.15. The number of ketones is 1. The Kier molecular flexibility index (Phi) is 4.53. The Balaban J connectivity index is 1.65. The Labute approximate surface area is 143 Å². The smallest absolute Gasteiger partial charge is 0.228 e. The SMILES string of the molecule is CC(=O)c1cc(CN2CCC3(CC2)CC(O)CN(C)C3=O)n(C)c1. The number of β-amino-alcohol motifs (C(OH)–C–C–N with tert-alkyl or cyclic N) is 1. The minimum Gasteiger partial charge on any atom is -0.391 e. The minimum absolute atomic E-state index is 0.0827. The molecule has 0 radical (unpaired) electrons. The predicted molar refractivity (Wildman–Crippen MR) is 90.6 cm³/mol. The molecule has 0 saturated carbocycles. The van der Waals surface area contributed by atoms with Gasteiger partial charge in [0.2, 0.25) is 5.91 Å². The number of Topliss-reactive ketones (excluding diaryl/α,β-unsaturated/α-hetero) is 1. The molecular formula is C18H27N3O3. The molecule has 2 saturated heterocycles. The van der Waals surface area contributed by atoms with Crippen LogP contribution in [0.3, 0.4) is 0 Å². The Hall–Kier alpha value is -1.66. The number of carbonyl (C=O) groups excluding carboxylic acids is 2. The number of aliphatic hydroxyl groups is 1. The van der Waals surface area contributed by atoms with Crippen molar-refractivity contribution >= 4 is 11.7 Å². The zero-order valence-corrected chi connectivity index (χ0v) is 14.8. The Bertz CT molecular complexity index is 644. The highest BCUT2D eigenvalue weighted by Gasteiger charge is 2.47. The Morgan fingerprint density at radius 2 is 2.00 bits per heavy atom. The van der Waals surface area contributed by atoms with Crippen LogP contribution < -0.4 is 0 Å². The summed E-state index contributed by atoms with van der Waals surface area (Å²) in [6.45, 7) is 4.49. The van der Waals surface area contributed by atoms with Crippen LogP contribution in [-0.4, -0.2) is 63.9 Å². The van der Waals surface area contributed by atoms with E-state index in [9.17, 15) is 14.7 Å². The molecule has 2 aliphatic rings. The molecule has 1 N–H and O–H groups in total. The summed E-state index contributed by atoms with van der Waals surface area (Å²) in [7, 11) is 3.75. The van der Waals surface area contributed by atoms with Crippen molar-refractivity contribution in [1.29, 1.82) is 0 Å². The van der Waals surface area contributed by atoms with Crippen LogP contribution in [0.15, 0.2) is 12.3 Å². The monoisotopic (exact) mass is 333 g/mol. The van der Waals surface area contributed by atoms with Gasteiger partial charge >= 0.3 is 0 Å². The van der Waals surface area contributed by atoms with E-state index in [1.54, 1.807) is 18.9 Å². The summed E-state index contributed by atoms with van der Waals surface area (Å²) in [6.07, 6.45) is 3.63. The molecule has 1 atom stereocenters. The predicted octanol–water partition coefficient (Wildman–Crippen LogP) is 1.03. The number of carbonyl (C=O) groups is 2. The molecule has 2 fully saturated rings. The number of aryl methyl sites for hydroxylation is 1. The third-order valence-corrected chi connectivity index (χ3v) is 5.62. The molecule has 1 unspecified atom stereocenters. The van der Waals surface area contributed by atoms with Crippen LogP contribution in [0.2, 0.25) is 0 Å².